The number of anilines is 1. The molecule has 0 aromatic heterocycles. The number of rotatable bonds is 4. The summed E-state index contributed by atoms with van der Waals surface area (Å²) in [6.45, 7) is 4.66. The van der Waals surface area contributed by atoms with Crippen LogP contribution in [0.4, 0.5) is 5.69 Å². The highest BCUT2D eigenvalue weighted by atomic mass is 16.2. The first kappa shape index (κ1) is 14.1. The van der Waals surface area contributed by atoms with Crippen molar-refractivity contribution >= 4 is 17.5 Å². The van der Waals surface area contributed by atoms with E-state index in [2.05, 4.69) is 12.2 Å². The second-order valence-corrected chi connectivity index (χ2v) is 6.26. The normalized spacial score (nSPS) is 25.3. The maximum absolute atomic E-state index is 13.1. The Morgan fingerprint density at radius 2 is 2.00 bits per heavy atom. The summed E-state index contributed by atoms with van der Waals surface area (Å²) in [5.74, 6) is 0.177. The van der Waals surface area contributed by atoms with Crippen LogP contribution in [0.5, 0.6) is 0 Å². The molecule has 1 aromatic rings. The van der Waals surface area contributed by atoms with Gasteiger partial charge in [0.2, 0.25) is 0 Å². The predicted octanol–water partition coefficient (Wildman–Crippen LogP) is 2.73. The lowest BCUT2D eigenvalue weighted by molar-refractivity contribution is -0.124. The Balaban J connectivity index is 2.06. The van der Waals surface area contributed by atoms with Crippen molar-refractivity contribution in [3.05, 3.63) is 29.8 Å². The van der Waals surface area contributed by atoms with Gasteiger partial charge in [0.1, 0.15) is 5.54 Å². The van der Waals surface area contributed by atoms with Crippen LogP contribution in [0.3, 0.4) is 0 Å². The molecule has 4 heteroatoms. The maximum Gasteiger partial charge on any atom is 0.254 e. The fourth-order valence-electron chi connectivity index (χ4n) is 3.12. The van der Waals surface area contributed by atoms with Gasteiger partial charge in [-0.15, -0.1) is 0 Å². The van der Waals surface area contributed by atoms with E-state index >= 15 is 0 Å². The molecule has 2 aliphatic rings. The molecule has 3 rings (SSSR count). The average molecular weight is 286 g/mol. The maximum atomic E-state index is 13.1. The molecule has 0 spiro atoms. The Labute approximate surface area is 125 Å². The molecule has 1 unspecified atom stereocenters. The first-order valence-electron chi connectivity index (χ1n) is 7.81. The minimum Gasteiger partial charge on any atom is -0.338 e. The van der Waals surface area contributed by atoms with Gasteiger partial charge in [-0.3, -0.25) is 9.59 Å². The van der Waals surface area contributed by atoms with Gasteiger partial charge in [0.15, 0.2) is 0 Å². The summed E-state index contributed by atoms with van der Waals surface area (Å²) in [5, 5.41) is 3.00. The zero-order valence-electron chi connectivity index (χ0n) is 12.7. The lowest BCUT2D eigenvalue weighted by Crippen LogP contribution is -2.57. The first-order valence-corrected chi connectivity index (χ1v) is 7.81. The number of hydrogen-bond acceptors (Lipinski definition) is 2. The molecule has 4 nitrogen and oxygen atoms in total. The molecule has 1 N–H and O–H groups in total. The molecule has 1 atom stereocenters. The number of benzene rings is 1. The predicted molar refractivity (Wildman–Crippen MR) is 82.3 cm³/mol. The van der Waals surface area contributed by atoms with Crippen molar-refractivity contribution in [1.29, 1.82) is 0 Å². The fourth-order valence-corrected chi connectivity index (χ4v) is 3.12. The number of amides is 2. The Bertz CT molecular complexity index is 580. The van der Waals surface area contributed by atoms with Crippen LogP contribution in [-0.4, -0.2) is 23.9 Å². The van der Waals surface area contributed by atoms with Crippen molar-refractivity contribution in [2.24, 2.45) is 5.92 Å². The van der Waals surface area contributed by atoms with E-state index in [0.717, 1.165) is 31.4 Å². The van der Waals surface area contributed by atoms with Gasteiger partial charge >= 0.3 is 0 Å². The van der Waals surface area contributed by atoms with Crippen LogP contribution in [0.25, 0.3) is 0 Å². The summed E-state index contributed by atoms with van der Waals surface area (Å²) < 4.78 is 0. The van der Waals surface area contributed by atoms with Gasteiger partial charge in [0.25, 0.3) is 11.8 Å². The smallest absolute Gasteiger partial charge is 0.254 e. The summed E-state index contributed by atoms with van der Waals surface area (Å²) in [6, 6.07) is 7.41. The van der Waals surface area contributed by atoms with Crippen LogP contribution in [0, 0.1) is 5.92 Å². The van der Waals surface area contributed by atoms with Crippen molar-refractivity contribution in [3.63, 3.8) is 0 Å². The minimum absolute atomic E-state index is 0.0387. The molecule has 1 aromatic carbocycles. The van der Waals surface area contributed by atoms with E-state index in [-0.39, 0.29) is 17.7 Å². The molecule has 1 saturated carbocycles. The summed E-state index contributed by atoms with van der Waals surface area (Å²) in [7, 11) is 0. The van der Waals surface area contributed by atoms with Crippen molar-refractivity contribution in [3.8, 4) is 0 Å². The number of nitrogens with zero attached hydrogens (tertiary/aromatic N) is 1. The molecular weight excluding hydrogens is 264 g/mol. The highest BCUT2D eigenvalue weighted by Gasteiger charge is 2.51. The van der Waals surface area contributed by atoms with Gasteiger partial charge < -0.3 is 10.2 Å². The molecule has 1 fully saturated rings. The lowest BCUT2D eigenvalue weighted by Gasteiger charge is -2.32. The van der Waals surface area contributed by atoms with Crippen LogP contribution >= 0.6 is 0 Å². The summed E-state index contributed by atoms with van der Waals surface area (Å²) in [6.07, 6.45) is 3.99. The Morgan fingerprint density at radius 1 is 1.29 bits per heavy atom. The number of carbonyl (C=O) groups excluding carboxylic acids is 2. The van der Waals surface area contributed by atoms with Crippen LogP contribution in [0.1, 0.15) is 49.9 Å². The van der Waals surface area contributed by atoms with Crippen molar-refractivity contribution in [2.75, 3.05) is 11.4 Å². The van der Waals surface area contributed by atoms with E-state index < -0.39 is 5.54 Å². The van der Waals surface area contributed by atoms with Crippen LogP contribution in [-0.2, 0) is 4.79 Å². The van der Waals surface area contributed by atoms with Gasteiger partial charge in [0, 0.05) is 6.54 Å². The SMILES string of the molecule is CCCCN1C(=O)C(C)(C2CC2)NC(=O)c2ccccc21. The monoisotopic (exact) mass is 286 g/mol. The molecule has 2 amide bonds. The number of unbranched alkanes of at least 4 members (excludes halogenated alkanes) is 1. The second-order valence-electron chi connectivity index (χ2n) is 6.26. The molecule has 0 saturated heterocycles. The quantitative estimate of drug-likeness (QED) is 0.925. The van der Waals surface area contributed by atoms with Crippen molar-refractivity contribution in [2.45, 2.75) is 45.1 Å². The fraction of sp³-hybridized carbons (Fsp3) is 0.529. The van der Waals surface area contributed by atoms with E-state index in [1.54, 1.807) is 6.07 Å². The minimum atomic E-state index is -0.760. The Kier molecular flexibility index (Phi) is 3.47. The number of para-hydroxylation sites is 1. The molecule has 1 aliphatic carbocycles. The van der Waals surface area contributed by atoms with Crippen LogP contribution in [0.2, 0.25) is 0 Å². The number of carbonyl (C=O) groups is 2. The number of hydrogen-bond donors (Lipinski definition) is 1. The largest absolute Gasteiger partial charge is 0.338 e. The lowest BCUT2D eigenvalue weighted by atomic mass is 9.94. The zero-order chi connectivity index (χ0) is 15.0. The van der Waals surface area contributed by atoms with Gasteiger partial charge in [-0.1, -0.05) is 25.5 Å². The van der Waals surface area contributed by atoms with E-state index in [0.29, 0.717) is 12.1 Å². The standard InChI is InChI=1S/C17H22N2O2/c1-3-4-11-19-14-8-6-5-7-13(14)15(20)18-17(2,16(19)21)12-9-10-12/h5-8,12H,3-4,9-11H2,1-2H3,(H,18,20). The van der Waals surface area contributed by atoms with E-state index in [9.17, 15) is 9.59 Å². The highest BCUT2D eigenvalue weighted by Crippen LogP contribution is 2.43. The summed E-state index contributed by atoms with van der Waals surface area (Å²) in [5.41, 5.74) is 0.591. The van der Waals surface area contributed by atoms with Gasteiger partial charge in [0.05, 0.1) is 11.3 Å². The molecule has 21 heavy (non-hydrogen) atoms. The zero-order valence-corrected chi connectivity index (χ0v) is 12.7. The van der Waals surface area contributed by atoms with Gasteiger partial charge in [-0.2, -0.15) is 0 Å². The second kappa shape index (κ2) is 5.17. The summed E-state index contributed by atoms with van der Waals surface area (Å²) >= 11 is 0. The van der Waals surface area contributed by atoms with Crippen LogP contribution in [0.15, 0.2) is 24.3 Å². The third kappa shape index (κ3) is 2.33. The molecular formula is C17H22N2O2. The number of fused-ring (bicyclic) bond motifs is 1. The Morgan fingerprint density at radius 3 is 2.67 bits per heavy atom. The van der Waals surface area contributed by atoms with Gasteiger partial charge in [-0.25, -0.2) is 0 Å². The number of nitrogens with one attached hydrogen (secondary N) is 1. The third-order valence-electron chi connectivity index (χ3n) is 4.63. The van der Waals surface area contributed by atoms with E-state index in [1.807, 2.05) is 30.0 Å². The molecule has 112 valence electrons. The average Bonchev–Trinajstić information content (AvgIpc) is 3.32. The first-order chi connectivity index (χ1) is 10.1. The molecule has 0 bridgehead atoms. The van der Waals surface area contributed by atoms with Gasteiger partial charge in [-0.05, 0) is 44.2 Å². The van der Waals surface area contributed by atoms with Crippen LogP contribution < -0.4 is 10.2 Å². The summed E-state index contributed by atoms with van der Waals surface area (Å²) in [4.78, 5) is 27.4. The third-order valence-corrected chi connectivity index (χ3v) is 4.63. The Hall–Kier alpha value is -1.84. The molecule has 1 heterocycles. The van der Waals surface area contributed by atoms with E-state index in [4.69, 9.17) is 0 Å². The molecule has 1 aliphatic heterocycles. The highest BCUT2D eigenvalue weighted by molar-refractivity contribution is 6.12. The van der Waals surface area contributed by atoms with Crippen molar-refractivity contribution < 1.29 is 9.59 Å². The van der Waals surface area contributed by atoms with Crippen molar-refractivity contribution in [1.82, 2.24) is 5.32 Å². The molecule has 0 radical (unpaired) electrons. The topological polar surface area (TPSA) is 49.4 Å². The van der Waals surface area contributed by atoms with E-state index in [1.165, 1.54) is 0 Å².